The lowest BCUT2D eigenvalue weighted by Crippen LogP contribution is -2.31. The van der Waals surface area contributed by atoms with Crippen LogP contribution in [0.15, 0.2) is 24.3 Å². The molecular weight excluding hydrogens is 220 g/mol. The highest BCUT2D eigenvalue weighted by Gasteiger charge is 2.16. The van der Waals surface area contributed by atoms with Crippen molar-refractivity contribution < 1.29 is 0 Å². The molecule has 0 spiro atoms. The van der Waals surface area contributed by atoms with Crippen molar-refractivity contribution in [1.29, 1.82) is 0 Å². The molecule has 1 N–H and O–H groups in total. The van der Waals surface area contributed by atoms with Crippen LogP contribution in [-0.2, 0) is 13.1 Å². The molecular formula is C16H26N2. The monoisotopic (exact) mass is 246 g/mol. The maximum atomic E-state index is 3.22. The van der Waals surface area contributed by atoms with Crippen LogP contribution in [0.2, 0.25) is 0 Å². The van der Waals surface area contributed by atoms with Gasteiger partial charge in [0.2, 0.25) is 0 Å². The van der Waals surface area contributed by atoms with E-state index in [9.17, 15) is 0 Å². The van der Waals surface area contributed by atoms with Gasteiger partial charge in [0.1, 0.15) is 0 Å². The Hall–Kier alpha value is -0.860. The minimum Gasteiger partial charge on any atom is -0.316 e. The molecule has 1 fully saturated rings. The van der Waals surface area contributed by atoms with Crippen molar-refractivity contribution in [2.75, 3.05) is 13.6 Å². The summed E-state index contributed by atoms with van der Waals surface area (Å²) in [6.45, 7) is 5.71. The summed E-state index contributed by atoms with van der Waals surface area (Å²) in [7, 11) is 2.00. The van der Waals surface area contributed by atoms with Gasteiger partial charge in [-0.1, -0.05) is 37.1 Å². The van der Waals surface area contributed by atoms with Gasteiger partial charge in [-0.05, 0) is 44.5 Å². The molecule has 0 amide bonds. The maximum Gasteiger partial charge on any atom is 0.0236 e. The summed E-state index contributed by atoms with van der Waals surface area (Å²) in [5, 5.41) is 3.22. The van der Waals surface area contributed by atoms with Crippen LogP contribution in [-0.4, -0.2) is 24.5 Å². The van der Waals surface area contributed by atoms with E-state index in [-0.39, 0.29) is 0 Å². The fourth-order valence-electron chi connectivity index (χ4n) is 2.85. The van der Waals surface area contributed by atoms with E-state index in [1.165, 1.54) is 43.4 Å². The summed E-state index contributed by atoms with van der Waals surface area (Å²) in [6.07, 6.45) is 5.52. The molecule has 1 atom stereocenters. The number of nitrogens with zero attached hydrogens (tertiary/aromatic N) is 1. The maximum absolute atomic E-state index is 3.22. The molecule has 1 aliphatic heterocycles. The Morgan fingerprint density at radius 1 is 1.22 bits per heavy atom. The SMILES string of the molecule is CNCc1cccc(CN2CCCCCC2C)c1. The van der Waals surface area contributed by atoms with Gasteiger partial charge in [0.05, 0.1) is 0 Å². The predicted octanol–water partition coefficient (Wildman–Crippen LogP) is 3.17. The molecule has 1 saturated heterocycles. The van der Waals surface area contributed by atoms with Gasteiger partial charge in [-0.3, -0.25) is 4.90 Å². The largest absolute Gasteiger partial charge is 0.316 e. The van der Waals surface area contributed by atoms with Crippen molar-refractivity contribution >= 4 is 0 Å². The summed E-state index contributed by atoms with van der Waals surface area (Å²) in [5.74, 6) is 0. The standard InChI is InChI=1S/C16H26N2/c1-14-7-4-3-5-10-18(14)13-16-9-6-8-15(11-16)12-17-2/h6,8-9,11,14,17H,3-5,7,10,12-13H2,1-2H3. The van der Waals surface area contributed by atoms with Crippen LogP contribution in [0.5, 0.6) is 0 Å². The van der Waals surface area contributed by atoms with Crippen LogP contribution in [0.4, 0.5) is 0 Å². The first-order valence-corrected chi connectivity index (χ1v) is 7.26. The average Bonchev–Trinajstić information content (AvgIpc) is 2.56. The van der Waals surface area contributed by atoms with Crippen molar-refractivity contribution in [3.05, 3.63) is 35.4 Å². The molecule has 1 heterocycles. The van der Waals surface area contributed by atoms with E-state index in [2.05, 4.69) is 41.4 Å². The Labute approximate surface area is 111 Å². The molecule has 2 heteroatoms. The highest BCUT2D eigenvalue weighted by atomic mass is 15.1. The third-order valence-corrected chi connectivity index (χ3v) is 3.95. The van der Waals surface area contributed by atoms with Crippen molar-refractivity contribution in [1.82, 2.24) is 10.2 Å². The molecule has 2 rings (SSSR count). The van der Waals surface area contributed by atoms with Crippen molar-refractivity contribution in [3.8, 4) is 0 Å². The molecule has 100 valence electrons. The third-order valence-electron chi connectivity index (χ3n) is 3.95. The highest BCUT2D eigenvalue weighted by Crippen LogP contribution is 2.19. The Morgan fingerprint density at radius 2 is 2.06 bits per heavy atom. The average molecular weight is 246 g/mol. The predicted molar refractivity (Wildman–Crippen MR) is 77.5 cm³/mol. The van der Waals surface area contributed by atoms with E-state index in [1.807, 2.05) is 7.05 Å². The smallest absolute Gasteiger partial charge is 0.0236 e. The normalized spacial score (nSPS) is 21.8. The second-order valence-corrected chi connectivity index (χ2v) is 5.52. The number of hydrogen-bond donors (Lipinski definition) is 1. The molecule has 0 saturated carbocycles. The van der Waals surface area contributed by atoms with E-state index >= 15 is 0 Å². The summed E-state index contributed by atoms with van der Waals surface area (Å²) in [4.78, 5) is 2.64. The molecule has 1 aromatic carbocycles. The minimum atomic E-state index is 0.737. The van der Waals surface area contributed by atoms with Gasteiger partial charge < -0.3 is 5.32 Å². The summed E-state index contributed by atoms with van der Waals surface area (Å²) < 4.78 is 0. The number of benzene rings is 1. The first kappa shape index (κ1) is 13.6. The lowest BCUT2D eigenvalue weighted by atomic mass is 10.1. The van der Waals surface area contributed by atoms with Crippen LogP contribution in [0, 0.1) is 0 Å². The molecule has 0 bridgehead atoms. The summed E-state index contributed by atoms with van der Waals surface area (Å²) in [6, 6.07) is 9.72. The number of likely N-dealkylation sites (tertiary alicyclic amines) is 1. The molecule has 1 aliphatic rings. The zero-order valence-electron chi connectivity index (χ0n) is 11.8. The van der Waals surface area contributed by atoms with Crippen molar-refractivity contribution in [2.24, 2.45) is 0 Å². The van der Waals surface area contributed by atoms with E-state index in [4.69, 9.17) is 0 Å². The van der Waals surface area contributed by atoms with Crippen LogP contribution in [0.25, 0.3) is 0 Å². The van der Waals surface area contributed by atoms with Gasteiger partial charge >= 0.3 is 0 Å². The van der Waals surface area contributed by atoms with Gasteiger partial charge in [-0.15, -0.1) is 0 Å². The summed E-state index contributed by atoms with van der Waals surface area (Å²) in [5.41, 5.74) is 2.84. The fraction of sp³-hybridized carbons (Fsp3) is 0.625. The molecule has 2 nitrogen and oxygen atoms in total. The number of rotatable bonds is 4. The molecule has 0 aromatic heterocycles. The van der Waals surface area contributed by atoms with Gasteiger partial charge in [0, 0.05) is 19.1 Å². The van der Waals surface area contributed by atoms with E-state index in [0.29, 0.717) is 0 Å². The van der Waals surface area contributed by atoms with Crippen LogP contribution >= 0.6 is 0 Å². The van der Waals surface area contributed by atoms with Gasteiger partial charge in [-0.25, -0.2) is 0 Å². The number of nitrogens with one attached hydrogen (secondary N) is 1. The van der Waals surface area contributed by atoms with E-state index in [1.54, 1.807) is 0 Å². The lowest BCUT2D eigenvalue weighted by molar-refractivity contribution is 0.205. The molecule has 1 unspecified atom stereocenters. The van der Waals surface area contributed by atoms with Crippen molar-refractivity contribution in [3.63, 3.8) is 0 Å². The molecule has 1 aromatic rings. The highest BCUT2D eigenvalue weighted by molar-refractivity contribution is 5.23. The molecule has 18 heavy (non-hydrogen) atoms. The van der Waals surface area contributed by atoms with Crippen LogP contribution in [0.1, 0.15) is 43.7 Å². The molecule has 0 radical (unpaired) electrons. The zero-order valence-corrected chi connectivity index (χ0v) is 11.8. The zero-order chi connectivity index (χ0) is 12.8. The fourth-order valence-corrected chi connectivity index (χ4v) is 2.85. The Kier molecular flexibility index (Phi) is 5.21. The second kappa shape index (κ2) is 6.91. The first-order chi connectivity index (χ1) is 8.79. The first-order valence-electron chi connectivity index (χ1n) is 7.26. The van der Waals surface area contributed by atoms with E-state index < -0.39 is 0 Å². The summed E-state index contributed by atoms with van der Waals surface area (Å²) >= 11 is 0. The van der Waals surface area contributed by atoms with E-state index in [0.717, 1.165) is 19.1 Å². The van der Waals surface area contributed by atoms with Crippen LogP contribution < -0.4 is 5.32 Å². The number of hydrogen-bond acceptors (Lipinski definition) is 2. The Balaban J connectivity index is 2.00. The third kappa shape index (κ3) is 3.82. The van der Waals surface area contributed by atoms with Gasteiger partial charge in [-0.2, -0.15) is 0 Å². The topological polar surface area (TPSA) is 15.3 Å². The Bertz CT molecular complexity index is 362. The van der Waals surface area contributed by atoms with Crippen LogP contribution in [0.3, 0.4) is 0 Å². The molecule has 0 aliphatic carbocycles. The second-order valence-electron chi connectivity index (χ2n) is 5.52. The minimum absolute atomic E-state index is 0.737. The van der Waals surface area contributed by atoms with Crippen molar-refractivity contribution in [2.45, 2.75) is 51.7 Å². The lowest BCUT2D eigenvalue weighted by Gasteiger charge is -2.27. The van der Waals surface area contributed by atoms with Gasteiger partial charge in [0.25, 0.3) is 0 Å². The quantitative estimate of drug-likeness (QED) is 0.878. The Morgan fingerprint density at radius 3 is 2.89 bits per heavy atom. The van der Waals surface area contributed by atoms with Gasteiger partial charge in [0.15, 0.2) is 0 Å².